The van der Waals surface area contributed by atoms with Crippen LogP contribution < -0.4 is 104 Å². The fraction of sp³-hybridized carbons (Fsp3) is 0. The van der Waals surface area contributed by atoms with Crippen molar-refractivity contribution in [1.29, 1.82) is 0 Å². The Balaban J connectivity index is 0.000000302. The van der Waals surface area contributed by atoms with E-state index in [-0.39, 0.29) is 56.6 Å². The predicted molar refractivity (Wildman–Crippen MR) is 338 cm³/mol. The van der Waals surface area contributed by atoms with E-state index in [0.717, 1.165) is 72.8 Å². The second-order valence-electron chi connectivity index (χ2n) is 18.7. The van der Waals surface area contributed by atoms with Gasteiger partial charge in [0.1, 0.15) is 30.4 Å². The van der Waals surface area contributed by atoms with Crippen molar-refractivity contribution < 1.29 is 173 Å². The Hall–Kier alpha value is -4.75. The molecule has 0 unspecified atom stereocenters. The summed E-state index contributed by atoms with van der Waals surface area (Å²) in [6.45, 7) is 0. The van der Waals surface area contributed by atoms with Gasteiger partial charge in [-0.3, -0.25) is 27.3 Å². The van der Waals surface area contributed by atoms with Crippen molar-refractivity contribution >= 4 is 163 Å². The van der Waals surface area contributed by atoms with E-state index in [0.29, 0.717) is 47.7 Å². The van der Waals surface area contributed by atoms with Gasteiger partial charge in [0.15, 0.2) is 0 Å². The van der Waals surface area contributed by atoms with Gasteiger partial charge in [-0.15, -0.1) is 0 Å². The molecule has 0 fully saturated rings. The van der Waals surface area contributed by atoms with Crippen molar-refractivity contribution in [2.45, 2.75) is 44.1 Å². The monoisotopic (exact) mass is 1520 g/mol. The summed E-state index contributed by atoms with van der Waals surface area (Å²) >= 11 is 0. The Kier molecular flexibility index (Phi) is 28.5. The molecule has 492 valence electrons. The van der Waals surface area contributed by atoms with E-state index in [9.17, 15) is 117 Å². The second-order valence-corrected chi connectivity index (χ2v) is 38.0. The molecule has 0 aromatic heterocycles. The molecule has 0 radical (unpaired) electrons. The van der Waals surface area contributed by atoms with Crippen molar-refractivity contribution in [3.8, 4) is 0 Å². The number of hydrogen-bond acceptors (Lipinski definition) is 21. The first-order valence-corrected chi connectivity index (χ1v) is 41.7. The first-order valence-electron chi connectivity index (χ1n) is 24.8. The van der Waals surface area contributed by atoms with Crippen LogP contribution in [0.5, 0.6) is 0 Å². The fourth-order valence-corrected chi connectivity index (χ4v) is 21.1. The molecule has 27 nitrogen and oxygen atoms in total. The molecule has 0 aliphatic heterocycles. The molecule has 0 saturated carbocycles. The molecule has 0 amide bonds. The average molecular weight is 1530 g/mol. The molecule has 9 rings (SSSR count). The molecular weight excluding hydrogens is 1480 g/mol. The molecule has 0 spiro atoms. The molecule has 0 aliphatic rings. The van der Waals surface area contributed by atoms with Crippen LogP contribution in [0.2, 0.25) is 0 Å². The summed E-state index contributed by atoms with van der Waals surface area (Å²) in [6.07, 6.45) is 0. The average Bonchev–Trinajstić information content (AvgIpc) is 0.794. The van der Waals surface area contributed by atoms with Gasteiger partial charge >= 0.3 is 56.6 Å². The minimum atomic E-state index is -4.80. The maximum absolute atomic E-state index is 11.6. The van der Waals surface area contributed by atoms with Crippen LogP contribution in [-0.2, 0) is 91.1 Å². The molecule has 0 saturated heterocycles. The summed E-state index contributed by atoms with van der Waals surface area (Å²) in [5.74, 6) is 0. The van der Waals surface area contributed by atoms with E-state index in [2.05, 4.69) is 0 Å². The van der Waals surface area contributed by atoms with Crippen LogP contribution in [-0.4, -0.2) is 117 Å². The van der Waals surface area contributed by atoms with E-state index < -0.39 is 159 Å². The zero-order chi connectivity index (χ0) is 69.1. The Morgan fingerprint density at radius 2 is 0.302 bits per heavy atom. The van der Waals surface area contributed by atoms with E-state index >= 15 is 0 Å². The van der Waals surface area contributed by atoms with Crippen LogP contribution in [0.3, 0.4) is 0 Å². The van der Waals surface area contributed by atoms with Crippen molar-refractivity contribution in [1.82, 2.24) is 0 Å². The first-order chi connectivity index (χ1) is 42.8. The summed E-state index contributed by atoms with van der Waals surface area (Å²) < 4.78 is 299. The predicted octanol–water partition coefficient (Wildman–Crippen LogP) is -6.46. The molecule has 9 aromatic carbocycles. The van der Waals surface area contributed by atoms with Gasteiger partial charge in [0.25, 0.3) is 60.7 Å². The number of hydrogen-bond donors (Lipinski definition) is 6. The maximum atomic E-state index is 11.6. The second kappa shape index (κ2) is 32.7. The number of benzene rings is 9. The van der Waals surface area contributed by atoms with Crippen LogP contribution in [0.15, 0.2) is 262 Å². The van der Waals surface area contributed by atoms with Crippen LogP contribution in [0, 0.1) is 0 Å². The SMILES string of the molecule is O=S(=O)([O-])c1cccc(P(c2cccc(S(=O)(=O)O)c2)c2cccc(S(=O)(=O)O)c2)c1.O=S(=O)([O-])c1cccc(P(c2cccc(S(=O)(=O)O)c2)c2cccc(S(=O)(=O)O)c2)c1.O=S(=O)([O-])c1cccc(P(c2cccc(S(=O)(=O)O)c2)c2cccc(S(=O)(=O)O)c2)c1.[Li+].[Li+].[Li+]. The van der Waals surface area contributed by atoms with E-state index in [1.54, 1.807) is 0 Å². The molecule has 0 heterocycles. The zero-order valence-electron chi connectivity index (χ0n) is 49.1. The third-order valence-electron chi connectivity index (χ3n) is 12.3. The zero-order valence-corrected chi connectivity index (χ0v) is 59.1. The smallest absolute Gasteiger partial charge is 0.744 e. The molecule has 42 heteroatoms. The summed E-state index contributed by atoms with van der Waals surface area (Å²) in [5.41, 5.74) is 0. The van der Waals surface area contributed by atoms with Crippen LogP contribution >= 0.6 is 23.8 Å². The summed E-state index contributed by atoms with van der Waals surface area (Å²) in [4.78, 5) is -4.08. The van der Waals surface area contributed by atoms with E-state index in [4.69, 9.17) is 0 Å². The molecule has 0 aliphatic carbocycles. The molecule has 96 heavy (non-hydrogen) atoms. The topological polar surface area (TPSA) is 498 Å². The third-order valence-corrected chi connectivity index (χ3v) is 27.1. The van der Waals surface area contributed by atoms with Crippen molar-refractivity contribution in [3.63, 3.8) is 0 Å². The molecule has 6 N–H and O–H groups in total. The summed E-state index contributed by atoms with van der Waals surface area (Å²) in [6, 6.07) is 46.3. The van der Waals surface area contributed by atoms with Crippen LogP contribution in [0.1, 0.15) is 0 Å². The Labute approximate surface area is 592 Å². The van der Waals surface area contributed by atoms with Crippen LogP contribution in [0.4, 0.5) is 0 Å². The van der Waals surface area contributed by atoms with Gasteiger partial charge in [-0.25, -0.2) is 25.3 Å². The van der Waals surface area contributed by atoms with Gasteiger partial charge in [-0.1, -0.05) is 109 Å². The normalized spacial score (nSPS) is 12.4. The molecular formula is C54H42Li3O27P3S9. The molecule has 9 aromatic rings. The van der Waals surface area contributed by atoms with Crippen molar-refractivity contribution in [3.05, 3.63) is 218 Å². The maximum Gasteiger partial charge on any atom is 1.00 e. The summed E-state index contributed by atoms with van der Waals surface area (Å²) in [5, 5.41) is 2.80. The Morgan fingerprint density at radius 1 is 0.198 bits per heavy atom. The minimum absolute atomic E-state index is 0. The van der Waals surface area contributed by atoms with Gasteiger partial charge < -0.3 is 13.7 Å². The van der Waals surface area contributed by atoms with Gasteiger partial charge in [-0.2, -0.15) is 50.5 Å². The van der Waals surface area contributed by atoms with Gasteiger partial charge in [0.2, 0.25) is 0 Å². The largest absolute Gasteiger partial charge is 1.00 e. The van der Waals surface area contributed by atoms with E-state index in [1.165, 1.54) is 146 Å². The third kappa shape index (κ3) is 22.6. The summed E-state index contributed by atoms with van der Waals surface area (Å²) in [7, 11) is -47.1. The van der Waals surface area contributed by atoms with Crippen molar-refractivity contribution in [2.24, 2.45) is 0 Å². The molecule has 0 atom stereocenters. The van der Waals surface area contributed by atoms with Crippen molar-refractivity contribution in [2.75, 3.05) is 0 Å². The van der Waals surface area contributed by atoms with Gasteiger partial charge in [0, 0.05) is 0 Å². The van der Waals surface area contributed by atoms with Crippen LogP contribution in [0.25, 0.3) is 0 Å². The quantitative estimate of drug-likeness (QED) is 0.0264. The number of rotatable bonds is 18. The minimum Gasteiger partial charge on any atom is -0.744 e. The Bertz CT molecular complexity index is 4410. The van der Waals surface area contributed by atoms with Gasteiger partial charge in [0.05, 0.1) is 44.1 Å². The standard InChI is InChI=1S/3C18H15O9PS3.3Li/c3*19-29(20,21)16-7-1-4-13(10-16)28(14-5-2-8-17(11-14)30(22,23)24)15-6-3-9-18(12-15)31(25,26)27;;;/h3*1-12H,(H,19,20,21)(H,22,23,24)(H,25,26,27);;;/q;;;3*+1/p-3. The fourth-order valence-electron chi connectivity index (χ4n) is 8.37. The van der Waals surface area contributed by atoms with Gasteiger partial charge in [-0.05, 0) is 181 Å². The van der Waals surface area contributed by atoms with E-state index in [1.807, 2.05) is 0 Å². The Morgan fingerprint density at radius 3 is 0.406 bits per heavy atom. The first kappa shape index (κ1) is 83.7. The molecule has 0 bridgehead atoms.